The number of ether oxygens (including phenoxy) is 1. The molecule has 0 aromatic carbocycles. The van der Waals surface area contributed by atoms with Gasteiger partial charge in [-0.2, -0.15) is 0 Å². The molecular weight excluding hydrogens is 156 g/mol. The third kappa shape index (κ3) is 1.49. The van der Waals surface area contributed by atoms with E-state index < -0.39 is 6.29 Å². The van der Waals surface area contributed by atoms with Gasteiger partial charge in [0, 0.05) is 6.42 Å². The number of rotatable bonds is 3. The topological polar surface area (TPSA) is 53.0 Å². The van der Waals surface area contributed by atoms with Crippen LogP contribution in [0.3, 0.4) is 0 Å². The summed E-state index contributed by atoms with van der Waals surface area (Å²) < 4.78 is 5.59. The molecule has 2 unspecified atom stereocenters. The van der Waals surface area contributed by atoms with Crippen molar-refractivity contribution in [3.8, 4) is 0 Å². The quantitative estimate of drug-likeness (QED) is 0.489. The summed E-state index contributed by atoms with van der Waals surface area (Å²) in [6, 6.07) is 0. The fourth-order valence-corrected chi connectivity index (χ4v) is 2.26. The molecule has 70 valence electrons. The summed E-state index contributed by atoms with van der Waals surface area (Å²) in [7, 11) is 0. The van der Waals surface area contributed by atoms with Crippen LogP contribution in [0, 0.1) is 0 Å². The Kier molecular flexibility index (Phi) is 2.10. The van der Waals surface area contributed by atoms with Crippen molar-refractivity contribution in [3.05, 3.63) is 0 Å². The Bertz CT molecular complexity index is 169. The molecule has 1 aliphatic carbocycles. The zero-order valence-corrected chi connectivity index (χ0v) is 7.20. The van der Waals surface area contributed by atoms with E-state index in [1.165, 1.54) is 19.3 Å². The summed E-state index contributed by atoms with van der Waals surface area (Å²) in [5.74, 6) is 0. The van der Waals surface area contributed by atoms with Crippen LogP contribution in [0.4, 0.5) is 0 Å². The minimum Gasteiger partial charge on any atom is -0.368 e. The van der Waals surface area contributed by atoms with Crippen LogP contribution < -0.4 is 0 Å². The first-order chi connectivity index (χ1) is 5.73. The van der Waals surface area contributed by atoms with Crippen molar-refractivity contribution in [1.29, 1.82) is 0 Å². The molecule has 1 aliphatic heterocycles. The summed E-state index contributed by atoms with van der Waals surface area (Å²) in [5.41, 5.74) is 0.0575. The van der Waals surface area contributed by atoms with E-state index in [-0.39, 0.29) is 5.60 Å². The van der Waals surface area contributed by atoms with Crippen molar-refractivity contribution < 1.29 is 14.9 Å². The van der Waals surface area contributed by atoms with Crippen LogP contribution in [0.25, 0.3) is 0 Å². The Morgan fingerprint density at radius 3 is 2.92 bits per heavy atom. The minimum absolute atomic E-state index is 0.0575. The maximum absolute atomic E-state index is 8.72. The van der Waals surface area contributed by atoms with Gasteiger partial charge in [0.05, 0.1) is 11.7 Å². The Labute approximate surface area is 72.3 Å². The lowest BCUT2D eigenvalue weighted by atomic mass is 9.86. The molecule has 2 rings (SSSR count). The summed E-state index contributed by atoms with van der Waals surface area (Å²) >= 11 is 0. The molecular formula is C9H16O3. The Hall–Kier alpha value is -0.120. The number of aliphatic hydroxyl groups excluding tert-OH is 1. The highest BCUT2D eigenvalue weighted by Crippen LogP contribution is 2.50. The van der Waals surface area contributed by atoms with E-state index in [0.717, 1.165) is 12.8 Å². The molecule has 0 bridgehead atoms. The van der Waals surface area contributed by atoms with Crippen LogP contribution >= 0.6 is 0 Å². The number of hydrogen-bond acceptors (Lipinski definition) is 3. The van der Waals surface area contributed by atoms with Crippen LogP contribution in [0.15, 0.2) is 0 Å². The minimum atomic E-state index is -1.16. The second-order valence-electron chi connectivity index (χ2n) is 3.94. The van der Waals surface area contributed by atoms with E-state index in [2.05, 4.69) is 0 Å². The molecule has 2 aliphatic rings. The molecule has 3 nitrogen and oxygen atoms in total. The van der Waals surface area contributed by atoms with Crippen molar-refractivity contribution in [2.45, 2.75) is 56.5 Å². The molecule has 3 heteroatoms. The lowest BCUT2D eigenvalue weighted by molar-refractivity contribution is -0.0503. The number of fused-ring (bicyclic) bond motifs is 1. The molecule has 0 amide bonds. The highest BCUT2D eigenvalue weighted by molar-refractivity contribution is 5.04. The van der Waals surface area contributed by atoms with Gasteiger partial charge in [-0.05, 0) is 19.3 Å². The predicted octanol–water partition coefficient (Wildman–Crippen LogP) is 0.789. The van der Waals surface area contributed by atoms with Gasteiger partial charge in [0.2, 0.25) is 0 Å². The largest absolute Gasteiger partial charge is 0.368 e. The fourth-order valence-electron chi connectivity index (χ4n) is 2.26. The monoisotopic (exact) mass is 172 g/mol. The molecule has 1 saturated carbocycles. The third-order valence-electron chi connectivity index (χ3n) is 3.05. The van der Waals surface area contributed by atoms with Gasteiger partial charge in [0.25, 0.3) is 0 Å². The standard InChI is InChI=1S/C9H16O3/c10-8(11)4-6-9-5-2-1-3-7(9)12-9/h7-8,10-11H,1-6H2. The van der Waals surface area contributed by atoms with Gasteiger partial charge in [0.1, 0.15) is 0 Å². The second-order valence-corrected chi connectivity index (χ2v) is 3.94. The van der Waals surface area contributed by atoms with E-state index in [4.69, 9.17) is 14.9 Å². The Balaban J connectivity index is 1.80. The van der Waals surface area contributed by atoms with Gasteiger partial charge in [0.15, 0.2) is 6.29 Å². The third-order valence-corrected chi connectivity index (χ3v) is 3.05. The van der Waals surface area contributed by atoms with Gasteiger partial charge in [-0.25, -0.2) is 0 Å². The average molecular weight is 172 g/mol. The van der Waals surface area contributed by atoms with Crippen LogP contribution in [-0.4, -0.2) is 28.2 Å². The normalized spacial score (nSPS) is 39.8. The summed E-state index contributed by atoms with van der Waals surface area (Å²) in [5, 5.41) is 17.4. The Morgan fingerprint density at radius 2 is 2.25 bits per heavy atom. The summed E-state index contributed by atoms with van der Waals surface area (Å²) in [6.07, 6.45) is 5.33. The van der Waals surface area contributed by atoms with Crippen molar-refractivity contribution >= 4 is 0 Å². The van der Waals surface area contributed by atoms with Gasteiger partial charge >= 0.3 is 0 Å². The SMILES string of the molecule is OC(O)CCC12CCCCC1O2. The molecule has 2 atom stereocenters. The van der Waals surface area contributed by atoms with Crippen molar-refractivity contribution in [2.24, 2.45) is 0 Å². The van der Waals surface area contributed by atoms with Gasteiger partial charge in [-0.1, -0.05) is 12.8 Å². The van der Waals surface area contributed by atoms with Crippen LogP contribution in [0.5, 0.6) is 0 Å². The van der Waals surface area contributed by atoms with Crippen molar-refractivity contribution in [1.82, 2.24) is 0 Å². The molecule has 0 aromatic rings. The van der Waals surface area contributed by atoms with Gasteiger partial charge in [-0.3, -0.25) is 0 Å². The molecule has 12 heavy (non-hydrogen) atoms. The maximum Gasteiger partial charge on any atom is 0.151 e. The summed E-state index contributed by atoms with van der Waals surface area (Å²) in [4.78, 5) is 0. The zero-order valence-electron chi connectivity index (χ0n) is 7.20. The van der Waals surface area contributed by atoms with Crippen LogP contribution in [-0.2, 0) is 4.74 Å². The van der Waals surface area contributed by atoms with Crippen LogP contribution in [0.1, 0.15) is 38.5 Å². The molecule has 0 aromatic heterocycles. The molecule has 1 saturated heterocycles. The lowest BCUT2D eigenvalue weighted by Gasteiger charge is -2.17. The highest BCUT2D eigenvalue weighted by Gasteiger charge is 2.56. The van der Waals surface area contributed by atoms with Crippen LogP contribution in [0.2, 0.25) is 0 Å². The zero-order chi connectivity index (χ0) is 8.60. The van der Waals surface area contributed by atoms with E-state index >= 15 is 0 Å². The average Bonchev–Trinajstić information content (AvgIpc) is 2.75. The molecule has 0 spiro atoms. The van der Waals surface area contributed by atoms with Crippen molar-refractivity contribution in [2.75, 3.05) is 0 Å². The Morgan fingerprint density at radius 1 is 1.42 bits per heavy atom. The summed E-state index contributed by atoms with van der Waals surface area (Å²) in [6.45, 7) is 0. The van der Waals surface area contributed by atoms with E-state index in [1.54, 1.807) is 0 Å². The first kappa shape index (κ1) is 8.48. The smallest absolute Gasteiger partial charge is 0.151 e. The number of aliphatic hydroxyl groups is 2. The number of epoxide rings is 1. The first-order valence-corrected chi connectivity index (χ1v) is 4.77. The number of hydrogen-bond donors (Lipinski definition) is 2. The van der Waals surface area contributed by atoms with E-state index in [9.17, 15) is 0 Å². The second kappa shape index (κ2) is 2.98. The van der Waals surface area contributed by atoms with Crippen molar-refractivity contribution in [3.63, 3.8) is 0 Å². The fraction of sp³-hybridized carbons (Fsp3) is 1.00. The predicted molar refractivity (Wildman–Crippen MR) is 43.5 cm³/mol. The first-order valence-electron chi connectivity index (χ1n) is 4.77. The lowest BCUT2D eigenvalue weighted by Crippen LogP contribution is -2.21. The molecule has 2 fully saturated rings. The van der Waals surface area contributed by atoms with Gasteiger partial charge in [-0.15, -0.1) is 0 Å². The van der Waals surface area contributed by atoms with Gasteiger partial charge < -0.3 is 14.9 Å². The highest BCUT2D eigenvalue weighted by atomic mass is 16.6. The maximum atomic E-state index is 8.72. The molecule has 1 heterocycles. The van der Waals surface area contributed by atoms with E-state index in [0.29, 0.717) is 12.5 Å². The molecule has 0 radical (unpaired) electrons. The van der Waals surface area contributed by atoms with E-state index in [1.807, 2.05) is 0 Å². The molecule has 2 N–H and O–H groups in total.